The first-order valence-corrected chi connectivity index (χ1v) is 19.6. The number of carbonyl (C=O) groups is 1. The van der Waals surface area contributed by atoms with Crippen LogP contribution in [0.2, 0.25) is 0 Å². The maximum absolute atomic E-state index is 12.6. The van der Waals surface area contributed by atoms with Crippen molar-refractivity contribution in [2.75, 3.05) is 13.2 Å². The van der Waals surface area contributed by atoms with Gasteiger partial charge in [-0.3, -0.25) is 0 Å². The Balaban J connectivity index is 1.09. The summed E-state index contributed by atoms with van der Waals surface area (Å²) in [6, 6.07) is 15.1. The van der Waals surface area contributed by atoms with Crippen LogP contribution >= 0.6 is 0 Å². The third-order valence-electron chi connectivity index (χ3n) is 10.7. The van der Waals surface area contributed by atoms with Crippen molar-refractivity contribution in [2.24, 2.45) is 0 Å². The zero-order chi connectivity index (χ0) is 45.3. The zero-order valence-corrected chi connectivity index (χ0v) is 33.1. The zero-order valence-electron chi connectivity index (χ0n) is 33.1. The summed E-state index contributed by atoms with van der Waals surface area (Å²) in [5, 5.41) is 126. The number of rotatable bonds is 12. The summed E-state index contributed by atoms with van der Waals surface area (Å²) < 4.78 is 46.2. The molecule has 1 aromatic heterocycles. The fourth-order valence-corrected chi connectivity index (χ4v) is 7.16. The SMILES string of the molecule is CC1O[C@@H](OCC2O[C@@H](Oc3cc4c(O[C@@H]5OC(CO)[C@@H](O)[C@H](O)C5O)cc(O)cc4[o+]c3-c3ccc(O)cc3)C(O)C(O)[C@@H]2O)C(O)[C@@H](O)[C@H]1OC(=O)/C=C/c1ccc(O)cc1. The van der Waals surface area contributed by atoms with Gasteiger partial charge in [-0.1, -0.05) is 12.1 Å². The second kappa shape index (κ2) is 19.2. The number of aromatic hydroxyl groups is 3. The summed E-state index contributed by atoms with van der Waals surface area (Å²) in [4.78, 5) is 12.6. The molecular formula is C42H47O21+. The summed E-state index contributed by atoms with van der Waals surface area (Å²) in [7, 11) is 0. The van der Waals surface area contributed by atoms with Gasteiger partial charge < -0.3 is 94.4 Å². The van der Waals surface area contributed by atoms with Gasteiger partial charge in [0.15, 0.2) is 12.4 Å². The highest BCUT2D eigenvalue weighted by Gasteiger charge is 2.49. The average molecular weight is 888 g/mol. The highest BCUT2D eigenvalue weighted by molar-refractivity contribution is 5.89. The molecule has 0 aliphatic carbocycles. The minimum Gasteiger partial charge on any atom is -0.508 e. The van der Waals surface area contributed by atoms with Crippen LogP contribution in [0.3, 0.4) is 0 Å². The van der Waals surface area contributed by atoms with Gasteiger partial charge >= 0.3 is 17.3 Å². The van der Waals surface area contributed by atoms with Crippen LogP contribution in [0.5, 0.6) is 28.7 Å². The van der Waals surface area contributed by atoms with Crippen LogP contribution in [0.25, 0.3) is 28.4 Å². The van der Waals surface area contributed by atoms with E-state index in [1.165, 1.54) is 61.5 Å². The minimum atomic E-state index is -1.93. The van der Waals surface area contributed by atoms with Gasteiger partial charge in [0.05, 0.1) is 30.9 Å². The Bertz CT molecular complexity index is 2220. The molecule has 4 heterocycles. The quantitative estimate of drug-likeness (QED) is 0.0460. The van der Waals surface area contributed by atoms with Crippen LogP contribution in [0.1, 0.15) is 12.5 Å². The molecule has 4 aromatic rings. The van der Waals surface area contributed by atoms with Crippen LogP contribution in [0, 0.1) is 0 Å². The van der Waals surface area contributed by atoms with E-state index in [-0.39, 0.29) is 45.3 Å². The number of carbonyl (C=O) groups excluding carboxylic acids is 1. The number of benzene rings is 3. The number of aliphatic hydroxyl groups is 9. The molecule has 3 fully saturated rings. The van der Waals surface area contributed by atoms with Crippen LogP contribution < -0.4 is 9.47 Å². The summed E-state index contributed by atoms with van der Waals surface area (Å²) in [6.07, 6.45) is -22.3. The summed E-state index contributed by atoms with van der Waals surface area (Å²) in [5.41, 5.74) is 0.801. The lowest BCUT2D eigenvalue weighted by Gasteiger charge is -2.42. The van der Waals surface area contributed by atoms with Crippen molar-refractivity contribution in [3.05, 3.63) is 78.4 Å². The Labute approximate surface area is 356 Å². The van der Waals surface area contributed by atoms with Crippen molar-refractivity contribution >= 4 is 23.0 Å². The molecule has 15 atom stereocenters. The molecule has 3 aliphatic rings. The van der Waals surface area contributed by atoms with Crippen molar-refractivity contribution in [3.8, 4) is 40.1 Å². The van der Waals surface area contributed by atoms with Crippen LogP contribution in [-0.2, 0) is 28.5 Å². The molecule has 3 aliphatic heterocycles. The van der Waals surface area contributed by atoms with E-state index in [0.29, 0.717) is 5.56 Å². The molecule has 21 nitrogen and oxygen atoms in total. The number of ether oxygens (including phenoxy) is 7. The molecule has 3 aromatic carbocycles. The minimum absolute atomic E-state index is 0.0292. The van der Waals surface area contributed by atoms with Gasteiger partial charge in [0.25, 0.3) is 0 Å². The monoisotopic (exact) mass is 887 g/mol. The molecule has 7 unspecified atom stereocenters. The first kappa shape index (κ1) is 45.8. The average Bonchev–Trinajstić information content (AvgIpc) is 3.26. The van der Waals surface area contributed by atoms with E-state index in [0.717, 1.165) is 12.1 Å². The Morgan fingerprint density at radius 2 is 1.22 bits per heavy atom. The lowest BCUT2D eigenvalue weighted by molar-refractivity contribution is -0.319. The molecule has 21 heteroatoms. The van der Waals surface area contributed by atoms with E-state index in [4.69, 9.17) is 37.6 Å². The lowest BCUT2D eigenvalue weighted by atomic mass is 9.98. The van der Waals surface area contributed by atoms with Gasteiger partial charge in [0, 0.05) is 18.2 Å². The third-order valence-corrected chi connectivity index (χ3v) is 10.7. The predicted octanol–water partition coefficient (Wildman–Crippen LogP) is -1.03. The van der Waals surface area contributed by atoms with Crippen LogP contribution in [-0.4, -0.2) is 173 Å². The number of aliphatic hydroxyl groups excluding tert-OH is 9. The van der Waals surface area contributed by atoms with Gasteiger partial charge in [0.2, 0.25) is 18.3 Å². The van der Waals surface area contributed by atoms with E-state index in [1.54, 1.807) is 12.1 Å². The Morgan fingerprint density at radius 1 is 0.651 bits per heavy atom. The highest BCUT2D eigenvalue weighted by Crippen LogP contribution is 2.42. The van der Waals surface area contributed by atoms with Crippen LogP contribution in [0.4, 0.5) is 0 Å². The fourth-order valence-electron chi connectivity index (χ4n) is 7.16. The van der Waals surface area contributed by atoms with Gasteiger partial charge in [-0.25, -0.2) is 9.21 Å². The first-order valence-electron chi connectivity index (χ1n) is 19.6. The Kier molecular flexibility index (Phi) is 14.0. The molecule has 63 heavy (non-hydrogen) atoms. The van der Waals surface area contributed by atoms with Gasteiger partial charge in [0.1, 0.15) is 89.4 Å². The maximum Gasteiger partial charge on any atom is 0.402 e. The Morgan fingerprint density at radius 3 is 1.86 bits per heavy atom. The second-order valence-corrected chi connectivity index (χ2v) is 15.1. The number of esters is 1. The molecule has 340 valence electrons. The second-order valence-electron chi connectivity index (χ2n) is 15.1. The fraction of sp³-hybridized carbons (Fsp3) is 0.429. The Hall–Kier alpha value is -5.24. The van der Waals surface area contributed by atoms with Crippen molar-refractivity contribution in [3.63, 3.8) is 0 Å². The molecule has 0 radical (unpaired) electrons. The molecule has 0 spiro atoms. The summed E-state index contributed by atoms with van der Waals surface area (Å²) in [6.45, 7) is 0.0703. The van der Waals surface area contributed by atoms with E-state index >= 15 is 0 Å². The number of phenols is 3. The van der Waals surface area contributed by atoms with E-state index in [1.807, 2.05) is 0 Å². The lowest BCUT2D eigenvalue weighted by Crippen LogP contribution is -2.62. The van der Waals surface area contributed by atoms with Gasteiger partial charge in [-0.05, 0) is 55.0 Å². The molecule has 12 N–H and O–H groups in total. The van der Waals surface area contributed by atoms with E-state index < -0.39 is 117 Å². The first-order chi connectivity index (χ1) is 30.0. The number of fused-ring (bicyclic) bond motifs is 1. The highest BCUT2D eigenvalue weighted by atomic mass is 16.7. The predicted molar refractivity (Wildman–Crippen MR) is 210 cm³/mol. The maximum atomic E-state index is 12.6. The number of hydrogen-bond donors (Lipinski definition) is 12. The smallest absolute Gasteiger partial charge is 0.402 e. The summed E-state index contributed by atoms with van der Waals surface area (Å²) in [5.74, 6) is -1.86. The molecule has 0 bridgehead atoms. The summed E-state index contributed by atoms with van der Waals surface area (Å²) >= 11 is 0. The van der Waals surface area contributed by atoms with Crippen LogP contribution in [0.15, 0.2) is 77.2 Å². The number of hydrogen-bond acceptors (Lipinski definition) is 20. The topological polar surface area (TPSA) is 336 Å². The molecule has 3 saturated heterocycles. The van der Waals surface area contributed by atoms with Gasteiger partial charge in [-0.2, -0.15) is 0 Å². The molecule has 0 saturated carbocycles. The van der Waals surface area contributed by atoms with E-state index in [2.05, 4.69) is 0 Å². The standard InChI is InChI=1S/C42H46O21/c1-17-38(63-29(47)11-4-18-2-7-20(44)8-3-18)34(52)37(55)40(57-17)56-16-28-31(49)33(51)36(54)42(62-28)60-26-14-23-24(58-39(26)19-5-9-21(45)10-6-19)12-22(46)13-25(23)59-41-35(53)32(50)30(48)27(15-43)61-41/h2-14,17,27-28,30-38,40-43,48-55H,15-16H2,1H3,(H2-,44,45,46,47)/p+1/t17?,27?,28?,30-,31-,32+,33?,34-,35?,36?,37?,38+,40-,41-,42-/m1/s1. The number of phenolic OH excluding ortho intramolecular Hbond substituents is 3. The van der Waals surface area contributed by atoms with Gasteiger partial charge in [-0.15, -0.1) is 0 Å². The molecular weight excluding hydrogens is 840 g/mol. The van der Waals surface area contributed by atoms with Crippen molar-refractivity contribution in [1.82, 2.24) is 0 Å². The molecule has 7 rings (SSSR count). The third kappa shape index (κ3) is 9.95. The van der Waals surface area contributed by atoms with E-state index in [9.17, 15) is 66.1 Å². The largest absolute Gasteiger partial charge is 0.508 e. The molecule has 0 amide bonds. The van der Waals surface area contributed by atoms with Crippen molar-refractivity contribution < 1.29 is 104 Å². The van der Waals surface area contributed by atoms with Crippen molar-refractivity contribution in [2.45, 2.75) is 99.0 Å². The van der Waals surface area contributed by atoms with Crippen molar-refractivity contribution in [1.29, 1.82) is 0 Å². The normalized spacial score (nSPS) is 33.6.